The van der Waals surface area contributed by atoms with E-state index in [2.05, 4.69) is 0 Å². The number of carbonyl (C=O) groups is 1. The fourth-order valence-electron chi connectivity index (χ4n) is 2.63. The molecule has 2 rings (SSSR count). The highest BCUT2D eigenvalue weighted by Gasteiger charge is 2.55. The molecule has 1 N–H and O–H groups in total. The standard InChI is InChI=1S/C16H22BClO5/c1-15(2)16(3,4)23-17(22-15)10(9-13(19)20)14-11(18)7-6-8-12(14)21-5/h6-8,10H,9H2,1-5H3,(H,19,20). The quantitative estimate of drug-likeness (QED) is 0.831. The van der Waals surface area contributed by atoms with Crippen molar-refractivity contribution in [2.45, 2.75) is 51.1 Å². The Labute approximate surface area is 142 Å². The Morgan fingerprint density at radius 2 is 1.87 bits per heavy atom. The monoisotopic (exact) mass is 340 g/mol. The second kappa shape index (κ2) is 6.34. The summed E-state index contributed by atoms with van der Waals surface area (Å²) < 4.78 is 17.4. The van der Waals surface area contributed by atoms with E-state index < -0.39 is 30.1 Å². The van der Waals surface area contributed by atoms with Gasteiger partial charge in [0.1, 0.15) is 5.75 Å². The van der Waals surface area contributed by atoms with Gasteiger partial charge >= 0.3 is 13.1 Å². The molecule has 0 spiro atoms. The summed E-state index contributed by atoms with van der Waals surface area (Å²) in [5, 5.41) is 9.76. The minimum absolute atomic E-state index is 0.170. The molecule has 1 heterocycles. The van der Waals surface area contributed by atoms with Crippen LogP contribution in [-0.2, 0) is 14.1 Å². The first kappa shape index (κ1) is 18.1. The second-order valence-electron chi connectivity index (χ2n) is 6.68. The summed E-state index contributed by atoms with van der Waals surface area (Å²) in [4.78, 5) is 11.4. The van der Waals surface area contributed by atoms with E-state index in [9.17, 15) is 9.90 Å². The minimum atomic E-state index is -0.952. The Kier molecular flexibility index (Phi) is 4.99. The molecule has 0 bridgehead atoms. The smallest absolute Gasteiger partial charge is 0.466 e. The molecular weight excluding hydrogens is 318 g/mol. The van der Waals surface area contributed by atoms with Crippen LogP contribution in [0, 0.1) is 0 Å². The number of halogens is 1. The van der Waals surface area contributed by atoms with Crippen LogP contribution in [0.5, 0.6) is 5.75 Å². The van der Waals surface area contributed by atoms with Crippen LogP contribution >= 0.6 is 11.6 Å². The lowest BCUT2D eigenvalue weighted by atomic mass is 9.66. The van der Waals surface area contributed by atoms with Crippen molar-refractivity contribution in [2.24, 2.45) is 0 Å². The van der Waals surface area contributed by atoms with Gasteiger partial charge in [-0.15, -0.1) is 0 Å². The van der Waals surface area contributed by atoms with Crippen molar-refractivity contribution in [1.82, 2.24) is 0 Å². The third kappa shape index (κ3) is 3.49. The number of ether oxygens (including phenoxy) is 1. The molecule has 1 aliphatic heterocycles. The van der Waals surface area contributed by atoms with Crippen LogP contribution in [0.1, 0.15) is 45.5 Å². The summed E-state index contributed by atoms with van der Waals surface area (Å²) in [5.74, 6) is -0.998. The van der Waals surface area contributed by atoms with E-state index in [4.69, 9.17) is 25.6 Å². The number of benzene rings is 1. The molecule has 1 aromatic carbocycles. The van der Waals surface area contributed by atoms with Crippen LogP contribution in [0.4, 0.5) is 0 Å². The SMILES string of the molecule is COc1cccc(Cl)c1C(CC(=O)O)B1OC(C)(C)C(C)(C)O1. The molecule has 1 saturated heterocycles. The largest absolute Gasteiger partial charge is 0.496 e. The van der Waals surface area contributed by atoms with Crippen molar-refractivity contribution in [3.63, 3.8) is 0 Å². The predicted octanol–water partition coefficient (Wildman–Crippen LogP) is 3.54. The fraction of sp³-hybridized carbons (Fsp3) is 0.562. The van der Waals surface area contributed by atoms with Crippen LogP contribution in [0.2, 0.25) is 5.02 Å². The van der Waals surface area contributed by atoms with Crippen LogP contribution in [-0.4, -0.2) is 36.5 Å². The van der Waals surface area contributed by atoms with Crippen LogP contribution in [0.3, 0.4) is 0 Å². The molecule has 7 heteroatoms. The van der Waals surface area contributed by atoms with Gasteiger partial charge in [0, 0.05) is 16.4 Å². The second-order valence-corrected chi connectivity index (χ2v) is 7.09. The van der Waals surface area contributed by atoms with Gasteiger partial charge in [0.05, 0.1) is 24.7 Å². The van der Waals surface area contributed by atoms with Crippen LogP contribution in [0.15, 0.2) is 18.2 Å². The zero-order valence-corrected chi connectivity index (χ0v) is 14.8. The highest BCUT2D eigenvalue weighted by molar-refractivity contribution is 6.48. The van der Waals surface area contributed by atoms with Crippen molar-refractivity contribution < 1.29 is 23.9 Å². The highest BCUT2D eigenvalue weighted by Crippen LogP contribution is 2.45. The number of hydrogen-bond donors (Lipinski definition) is 1. The molecule has 5 nitrogen and oxygen atoms in total. The Morgan fingerprint density at radius 3 is 2.35 bits per heavy atom. The summed E-state index contributed by atoms with van der Waals surface area (Å²) in [6.45, 7) is 7.70. The van der Waals surface area contributed by atoms with Gasteiger partial charge in [0.2, 0.25) is 0 Å². The normalized spacial score (nSPS) is 20.3. The third-order valence-electron chi connectivity index (χ3n) is 4.60. The zero-order chi connectivity index (χ0) is 17.4. The topological polar surface area (TPSA) is 65.0 Å². The fourth-order valence-corrected chi connectivity index (χ4v) is 2.94. The molecule has 0 aromatic heterocycles. The molecular formula is C16H22BClO5. The molecule has 23 heavy (non-hydrogen) atoms. The predicted molar refractivity (Wildman–Crippen MR) is 89.1 cm³/mol. The van der Waals surface area contributed by atoms with Gasteiger partial charge in [-0.05, 0) is 39.8 Å². The van der Waals surface area contributed by atoms with Crippen molar-refractivity contribution in [2.75, 3.05) is 7.11 Å². The minimum Gasteiger partial charge on any atom is -0.496 e. The third-order valence-corrected chi connectivity index (χ3v) is 4.93. The van der Waals surface area contributed by atoms with Crippen molar-refractivity contribution >= 4 is 24.7 Å². The first-order valence-electron chi connectivity index (χ1n) is 7.49. The number of methoxy groups -OCH3 is 1. The van der Waals surface area contributed by atoms with E-state index in [1.165, 1.54) is 7.11 Å². The van der Waals surface area contributed by atoms with Gasteiger partial charge in [0.15, 0.2) is 0 Å². The van der Waals surface area contributed by atoms with E-state index in [1.807, 2.05) is 27.7 Å². The maximum absolute atomic E-state index is 11.4. The average Bonchev–Trinajstić information content (AvgIpc) is 2.64. The molecule has 1 aromatic rings. The van der Waals surface area contributed by atoms with Crippen molar-refractivity contribution in [1.29, 1.82) is 0 Å². The van der Waals surface area contributed by atoms with E-state index in [1.54, 1.807) is 18.2 Å². The summed E-state index contributed by atoms with van der Waals surface area (Å²) in [6, 6.07) is 5.22. The Morgan fingerprint density at radius 1 is 1.30 bits per heavy atom. The van der Waals surface area contributed by atoms with Gasteiger partial charge in [-0.25, -0.2) is 0 Å². The van der Waals surface area contributed by atoms with Gasteiger partial charge in [-0.3, -0.25) is 4.79 Å². The van der Waals surface area contributed by atoms with Crippen LogP contribution < -0.4 is 4.74 Å². The molecule has 1 unspecified atom stereocenters. The number of rotatable bonds is 5. The summed E-state index contributed by atoms with van der Waals surface area (Å²) in [7, 11) is 0.807. The molecule has 1 fully saturated rings. The summed E-state index contributed by atoms with van der Waals surface area (Å²) in [6.07, 6.45) is -0.170. The van der Waals surface area contributed by atoms with E-state index in [0.29, 0.717) is 16.3 Å². The molecule has 1 atom stereocenters. The van der Waals surface area contributed by atoms with E-state index >= 15 is 0 Å². The molecule has 0 radical (unpaired) electrons. The molecule has 0 aliphatic carbocycles. The van der Waals surface area contributed by atoms with Gasteiger partial charge in [0.25, 0.3) is 0 Å². The van der Waals surface area contributed by atoms with Crippen LogP contribution in [0.25, 0.3) is 0 Å². The number of aliphatic carboxylic acids is 1. The van der Waals surface area contributed by atoms with Crippen molar-refractivity contribution in [3.8, 4) is 5.75 Å². The average molecular weight is 341 g/mol. The molecule has 0 saturated carbocycles. The summed E-state index contributed by atoms with van der Waals surface area (Å²) >= 11 is 6.32. The summed E-state index contributed by atoms with van der Waals surface area (Å²) in [5.41, 5.74) is -0.510. The first-order chi connectivity index (χ1) is 10.6. The molecule has 0 amide bonds. The maximum Gasteiger partial charge on any atom is 0.466 e. The van der Waals surface area contributed by atoms with Gasteiger partial charge < -0.3 is 19.2 Å². The first-order valence-corrected chi connectivity index (χ1v) is 7.86. The lowest BCUT2D eigenvalue weighted by Crippen LogP contribution is -2.41. The Hall–Kier alpha value is -1.24. The lowest BCUT2D eigenvalue weighted by molar-refractivity contribution is -0.137. The Bertz CT molecular complexity index is 586. The number of hydrogen-bond acceptors (Lipinski definition) is 4. The van der Waals surface area contributed by atoms with Gasteiger partial charge in [-0.1, -0.05) is 17.7 Å². The zero-order valence-electron chi connectivity index (χ0n) is 14.1. The lowest BCUT2D eigenvalue weighted by Gasteiger charge is -2.32. The number of carboxylic acid groups (broad SMARTS) is 1. The highest BCUT2D eigenvalue weighted by atomic mass is 35.5. The van der Waals surface area contributed by atoms with Crippen molar-refractivity contribution in [3.05, 3.63) is 28.8 Å². The van der Waals surface area contributed by atoms with E-state index in [-0.39, 0.29) is 6.42 Å². The number of carboxylic acids is 1. The van der Waals surface area contributed by atoms with E-state index in [0.717, 1.165) is 0 Å². The maximum atomic E-state index is 11.4. The molecule has 1 aliphatic rings. The molecule has 126 valence electrons. The Balaban J connectivity index is 2.46. The van der Waals surface area contributed by atoms with Gasteiger partial charge in [-0.2, -0.15) is 0 Å².